The Bertz CT molecular complexity index is 1080. The molecule has 2 aromatic carbocycles. The summed E-state index contributed by atoms with van der Waals surface area (Å²) < 4.78 is 51.3. The molecule has 0 spiro atoms. The molecule has 0 aromatic heterocycles. The van der Waals surface area contributed by atoms with E-state index < -0.39 is 38.7 Å². The molecule has 10 heteroatoms. The summed E-state index contributed by atoms with van der Waals surface area (Å²) in [6.45, 7) is 4.00. The molecule has 172 valence electrons. The van der Waals surface area contributed by atoms with Crippen LogP contribution in [0.4, 0.5) is 10.1 Å². The van der Waals surface area contributed by atoms with E-state index in [1.807, 2.05) is 19.1 Å². The molecule has 32 heavy (non-hydrogen) atoms. The molecule has 1 fully saturated rings. The second-order valence-electron chi connectivity index (χ2n) is 7.25. The van der Waals surface area contributed by atoms with Crippen LogP contribution in [0, 0.1) is 5.82 Å². The van der Waals surface area contributed by atoms with Gasteiger partial charge in [-0.15, -0.1) is 0 Å². The summed E-state index contributed by atoms with van der Waals surface area (Å²) >= 11 is 0. The number of carbonyl (C=O) groups excluding carboxylic acids is 2. The van der Waals surface area contributed by atoms with Gasteiger partial charge in [0.2, 0.25) is 10.0 Å². The van der Waals surface area contributed by atoms with Gasteiger partial charge in [0.15, 0.2) is 6.10 Å². The van der Waals surface area contributed by atoms with Crippen LogP contribution in [0.2, 0.25) is 0 Å². The summed E-state index contributed by atoms with van der Waals surface area (Å²) in [5, 5.41) is 2.65. The third kappa shape index (κ3) is 5.50. The standard InChI is InChI=1S/C22H25FN2O6S/c1-3-16-4-7-18(8-5-16)24-21(26)15(2)31-22(27)17-6-9-19(23)20(14-17)32(28,29)25-10-12-30-13-11-25/h4-9,14-15H,3,10-13H2,1-2H3,(H,24,26). The van der Waals surface area contributed by atoms with Crippen molar-refractivity contribution in [2.24, 2.45) is 0 Å². The van der Waals surface area contributed by atoms with E-state index in [2.05, 4.69) is 5.32 Å². The van der Waals surface area contributed by atoms with Crippen molar-refractivity contribution in [3.05, 3.63) is 59.4 Å². The second kappa shape index (κ2) is 10.2. The van der Waals surface area contributed by atoms with Crippen molar-refractivity contribution in [3.8, 4) is 0 Å². The Labute approximate surface area is 186 Å². The first-order valence-electron chi connectivity index (χ1n) is 10.2. The zero-order chi connectivity index (χ0) is 23.3. The molecule has 0 radical (unpaired) electrons. The van der Waals surface area contributed by atoms with Gasteiger partial charge in [-0.2, -0.15) is 4.31 Å². The molecule has 1 heterocycles. The number of morpholine rings is 1. The van der Waals surface area contributed by atoms with Gasteiger partial charge in [-0.05, 0) is 49.2 Å². The zero-order valence-corrected chi connectivity index (χ0v) is 18.7. The molecule has 1 N–H and O–H groups in total. The van der Waals surface area contributed by atoms with Crippen molar-refractivity contribution in [1.82, 2.24) is 4.31 Å². The number of hydrogen-bond donors (Lipinski definition) is 1. The summed E-state index contributed by atoms with van der Waals surface area (Å²) in [6.07, 6.45) is -0.291. The predicted molar refractivity (Wildman–Crippen MR) is 115 cm³/mol. The van der Waals surface area contributed by atoms with E-state index >= 15 is 0 Å². The fourth-order valence-corrected chi connectivity index (χ4v) is 4.60. The molecule has 2 aromatic rings. The third-order valence-electron chi connectivity index (χ3n) is 5.04. The third-order valence-corrected chi connectivity index (χ3v) is 6.95. The quantitative estimate of drug-likeness (QED) is 0.632. The molecular weight excluding hydrogens is 439 g/mol. The normalized spacial score (nSPS) is 15.7. The minimum atomic E-state index is -4.15. The molecule has 3 rings (SSSR count). The van der Waals surface area contributed by atoms with Gasteiger partial charge in [0, 0.05) is 18.8 Å². The molecule has 8 nitrogen and oxygen atoms in total. The monoisotopic (exact) mass is 464 g/mol. The SMILES string of the molecule is CCc1ccc(NC(=O)C(C)OC(=O)c2ccc(F)c(S(=O)(=O)N3CCOCC3)c2)cc1. The van der Waals surface area contributed by atoms with Crippen LogP contribution >= 0.6 is 0 Å². The number of halogens is 1. The minimum absolute atomic E-state index is 0.0902. The number of sulfonamides is 1. The van der Waals surface area contributed by atoms with Crippen LogP contribution in [0.1, 0.15) is 29.8 Å². The van der Waals surface area contributed by atoms with E-state index in [4.69, 9.17) is 9.47 Å². The Morgan fingerprint density at radius 1 is 1.16 bits per heavy atom. The van der Waals surface area contributed by atoms with Crippen molar-refractivity contribution in [3.63, 3.8) is 0 Å². The second-order valence-corrected chi connectivity index (χ2v) is 9.16. The van der Waals surface area contributed by atoms with Crippen LogP contribution in [0.5, 0.6) is 0 Å². The number of esters is 1. The van der Waals surface area contributed by atoms with Gasteiger partial charge in [-0.25, -0.2) is 17.6 Å². The van der Waals surface area contributed by atoms with E-state index in [0.29, 0.717) is 5.69 Å². The van der Waals surface area contributed by atoms with E-state index in [1.165, 1.54) is 6.92 Å². The van der Waals surface area contributed by atoms with Gasteiger partial charge in [-0.1, -0.05) is 19.1 Å². The summed E-state index contributed by atoms with van der Waals surface area (Å²) in [4.78, 5) is 24.2. The van der Waals surface area contributed by atoms with Gasteiger partial charge >= 0.3 is 5.97 Å². The first-order chi connectivity index (χ1) is 15.2. The lowest BCUT2D eigenvalue weighted by atomic mass is 10.1. The highest BCUT2D eigenvalue weighted by molar-refractivity contribution is 7.89. The molecule has 1 unspecified atom stereocenters. The molecule has 0 saturated carbocycles. The van der Waals surface area contributed by atoms with Crippen molar-refractivity contribution in [1.29, 1.82) is 0 Å². The van der Waals surface area contributed by atoms with Crippen LogP contribution in [0.15, 0.2) is 47.4 Å². The summed E-state index contributed by atoms with van der Waals surface area (Å²) in [5.74, 6) is -2.47. The molecule has 1 aliphatic rings. The van der Waals surface area contributed by atoms with Crippen LogP contribution in [-0.2, 0) is 30.7 Å². The highest BCUT2D eigenvalue weighted by Gasteiger charge is 2.30. The van der Waals surface area contributed by atoms with Gasteiger partial charge in [-0.3, -0.25) is 4.79 Å². The lowest BCUT2D eigenvalue weighted by Crippen LogP contribution is -2.41. The number of nitrogens with one attached hydrogen (secondary N) is 1. The molecule has 0 aliphatic carbocycles. The molecule has 1 amide bonds. The predicted octanol–water partition coefficient (Wildman–Crippen LogP) is 2.59. The number of benzene rings is 2. The minimum Gasteiger partial charge on any atom is -0.449 e. The average molecular weight is 465 g/mol. The van der Waals surface area contributed by atoms with Crippen LogP contribution in [-0.4, -0.2) is 57.0 Å². The van der Waals surface area contributed by atoms with Crippen molar-refractivity contribution >= 4 is 27.6 Å². The number of ether oxygens (including phenoxy) is 2. The van der Waals surface area contributed by atoms with Gasteiger partial charge in [0.1, 0.15) is 10.7 Å². The Hall–Kier alpha value is -2.82. The fraction of sp³-hybridized carbons (Fsp3) is 0.364. The van der Waals surface area contributed by atoms with E-state index in [1.54, 1.807) is 12.1 Å². The zero-order valence-electron chi connectivity index (χ0n) is 17.8. The highest BCUT2D eigenvalue weighted by Crippen LogP contribution is 2.22. The Morgan fingerprint density at radius 2 is 1.81 bits per heavy atom. The number of hydrogen-bond acceptors (Lipinski definition) is 6. The average Bonchev–Trinajstić information content (AvgIpc) is 2.80. The maximum Gasteiger partial charge on any atom is 0.338 e. The van der Waals surface area contributed by atoms with Crippen molar-refractivity contribution < 1.29 is 31.9 Å². The Kier molecular flexibility index (Phi) is 7.60. The maximum absolute atomic E-state index is 14.3. The van der Waals surface area contributed by atoms with Gasteiger partial charge in [0.25, 0.3) is 5.91 Å². The van der Waals surface area contributed by atoms with Crippen LogP contribution in [0.3, 0.4) is 0 Å². The first kappa shape index (κ1) is 23.8. The van der Waals surface area contributed by atoms with E-state index in [0.717, 1.165) is 34.5 Å². The number of carbonyl (C=O) groups is 2. The summed E-state index contributed by atoms with van der Waals surface area (Å²) in [6, 6.07) is 10.2. The van der Waals surface area contributed by atoms with Crippen molar-refractivity contribution in [2.45, 2.75) is 31.3 Å². The molecule has 1 atom stereocenters. The van der Waals surface area contributed by atoms with Gasteiger partial charge < -0.3 is 14.8 Å². The Morgan fingerprint density at radius 3 is 2.44 bits per heavy atom. The van der Waals surface area contributed by atoms with Crippen LogP contribution < -0.4 is 5.32 Å². The topological polar surface area (TPSA) is 102 Å². The first-order valence-corrected chi connectivity index (χ1v) is 11.6. The molecule has 0 bridgehead atoms. The summed E-state index contributed by atoms with van der Waals surface area (Å²) in [7, 11) is -4.15. The maximum atomic E-state index is 14.3. The highest BCUT2D eigenvalue weighted by atomic mass is 32.2. The molecule has 1 aliphatic heterocycles. The van der Waals surface area contributed by atoms with E-state index in [9.17, 15) is 22.4 Å². The molecule has 1 saturated heterocycles. The van der Waals surface area contributed by atoms with E-state index in [-0.39, 0.29) is 31.9 Å². The van der Waals surface area contributed by atoms with Gasteiger partial charge in [0.05, 0.1) is 18.8 Å². The largest absolute Gasteiger partial charge is 0.449 e. The van der Waals surface area contributed by atoms with Crippen LogP contribution in [0.25, 0.3) is 0 Å². The number of rotatable bonds is 7. The number of aryl methyl sites for hydroxylation is 1. The fourth-order valence-electron chi connectivity index (χ4n) is 3.10. The Balaban J connectivity index is 1.70. The number of nitrogens with zero attached hydrogens (tertiary/aromatic N) is 1. The smallest absolute Gasteiger partial charge is 0.338 e. The lowest BCUT2D eigenvalue weighted by molar-refractivity contribution is -0.123. The number of anilines is 1. The summed E-state index contributed by atoms with van der Waals surface area (Å²) in [5.41, 5.74) is 1.49. The lowest BCUT2D eigenvalue weighted by Gasteiger charge is -2.26. The molecular formula is C22H25FN2O6S. The number of amides is 1. The van der Waals surface area contributed by atoms with Crippen molar-refractivity contribution in [2.75, 3.05) is 31.6 Å².